The number of furan rings is 1. The zero-order valence-corrected chi connectivity index (χ0v) is 13.5. The zero-order chi connectivity index (χ0) is 16.0. The number of aromatic nitrogens is 2. The lowest BCUT2D eigenvalue weighted by Gasteiger charge is -2.12. The number of hydrogen-bond acceptors (Lipinski definition) is 5. The Hall–Kier alpha value is -2.21. The first-order valence-electron chi connectivity index (χ1n) is 7.53. The predicted molar refractivity (Wildman–Crippen MR) is 90.2 cm³/mol. The standard InChI is InChI=1S/C17H16N2O3S/c1-19-8-12(11-6-7-21-16(11)17(19)20)15-13(4-5-14(23)18-15)22-9-10-2-3-10/h4-8,10H,2-3,9H2,1H3,(H,18,23). The third-order valence-electron chi connectivity index (χ3n) is 4.06. The van der Waals surface area contributed by atoms with Gasteiger partial charge < -0.3 is 13.7 Å². The second-order valence-electron chi connectivity index (χ2n) is 5.89. The van der Waals surface area contributed by atoms with E-state index in [4.69, 9.17) is 9.15 Å². The maximum absolute atomic E-state index is 12.2. The summed E-state index contributed by atoms with van der Waals surface area (Å²) >= 11 is 4.34. The fourth-order valence-corrected chi connectivity index (χ4v) is 2.77. The van der Waals surface area contributed by atoms with Crippen molar-refractivity contribution in [3.63, 3.8) is 0 Å². The van der Waals surface area contributed by atoms with Crippen LogP contribution in [0.3, 0.4) is 0 Å². The van der Waals surface area contributed by atoms with Crippen LogP contribution in [0.5, 0.6) is 5.75 Å². The highest BCUT2D eigenvalue weighted by molar-refractivity contribution is 7.80. The van der Waals surface area contributed by atoms with E-state index in [1.807, 2.05) is 12.1 Å². The average Bonchev–Trinajstić information content (AvgIpc) is 3.24. The van der Waals surface area contributed by atoms with Crippen LogP contribution in [0.25, 0.3) is 22.2 Å². The second kappa shape index (κ2) is 5.45. The van der Waals surface area contributed by atoms with Crippen LogP contribution in [-0.2, 0) is 7.05 Å². The quantitative estimate of drug-likeness (QED) is 0.747. The molecule has 1 aliphatic rings. The molecule has 0 radical (unpaired) electrons. The molecule has 1 aliphatic carbocycles. The number of fused-ring (bicyclic) bond motifs is 1. The summed E-state index contributed by atoms with van der Waals surface area (Å²) in [4.78, 5) is 16.7. The molecule has 3 aromatic rings. The van der Waals surface area contributed by atoms with Crippen molar-refractivity contribution in [3.8, 4) is 17.0 Å². The van der Waals surface area contributed by atoms with Gasteiger partial charge in [-0.2, -0.15) is 0 Å². The van der Waals surface area contributed by atoms with E-state index in [-0.39, 0.29) is 5.56 Å². The molecular formula is C17H16N2O3S. The summed E-state index contributed by atoms with van der Waals surface area (Å²) in [5.74, 6) is 1.35. The van der Waals surface area contributed by atoms with Crippen molar-refractivity contribution < 1.29 is 9.15 Å². The Labute approximate surface area is 138 Å². The molecule has 23 heavy (non-hydrogen) atoms. The molecule has 0 aliphatic heterocycles. The van der Waals surface area contributed by atoms with Gasteiger partial charge in [0.2, 0.25) is 0 Å². The average molecular weight is 328 g/mol. The lowest BCUT2D eigenvalue weighted by molar-refractivity contribution is 0.299. The van der Waals surface area contributed by atoms with Gasteiger partial charge in [0.25, 0.3) is 5.56 Å². The van der Waals surface area contributed by atoms with Crippen LogP contribution in [0.2, 0.25) is 0 Å². The molecular weight excluding hydrogens is 312 g/mol. The van der Waals surface area contributed by atoms with E-state index in [9.17, 15) is 4.79 Å². The van der Waals surface area contributed by atoms with Crippen LogP contribution in [0.1, 0.15) is 12.8 Å². The smallest absolute Gasteiger partial charge is 0.293 e. The second-order valence-corrected chi connectivity index (χ2v) is 6.35. The van der Waals surface area contributed by atoms with E-state index in [1.165, 1.54) is 23.7 Å². The Kier molecular flexibility index (Phi) is 3.41. The molecule has 6 heteroatoms. The molecule has 5 nitrogen and oxygen atoms in total. The summed E-state index contributed by atoms with van der Waals surface area (Å²) in [7, 11) is 1.70. The van der Waals surface area contributed by atoms with Crippen LogP contribution < -0.4 is 10.3 Å². The lowest BCUT2D eigenvalue weighted by Crippen LogP contribution is -2.16. The van der Waals surface area contributed by atoms with Gasteiger partial charge in [-0.1, -0.05) is 0 Å². The zero-order valence-electron chi connectivity index (χ0n) is 12.7. The number of rotatable bonds is 4. The van der Waals surface area contributed by atoms with Crippen LogP contribution >= 0.6 is 12.6 Å². The maximum Gasteiger partial charge on any atom is 0.293 e. The Balaban J connectivity index is 1.89. The van der Waals surface area contributed by atoms with Gasteiger partial charge >= 0.3 is 0 Å². The van der Waals surface area contributed by atoms with E-state index in [0.717, 1.165) is 10.9 Å². The number of aryl methyl sites for hydroxylation is 1. The van der Waals surface area contributed by atoms with Crippen molar-refractivity contribution in [3.05, 3.63) is 41.0 Å². The molecule has 1 saturated carbocycles. The Bertz CT molecular complexity index is 941. The molecule has 0 N–H and O–H groups in total. The Morgan fingerprint density at radius 2 is 2.22 bits per heavy atom. The van der Waals surface area contributed by atoms with Crippen LogP contribution in [-0.4, -0.2) is 16.2 Å². The third kappa shape index (κ3) is 2.63. The summed E-state index contributed by atoms with van der Waals surface area (Å²) in [6.07, 6.45) is 5.73. The molecule has 1 fully saturated rings. The molecule has 0 aromatic carbocycles. The molecule has 0 atom stereocenters. The SMILES string of the molecule is Cn1cc(-c2nc(S)ccc2OCC2CC2)c2ccoc2c1=O. The fourth-order valence-electron chi connectivity index (χ4n) is 2.60. The van der Waals surface area contributed by atoms with E-state index >= 15 is 0 Å². The van der Waals surface area contributed by atoms with Gasteiger partial charge in [0.15, 0.2) is 5.58 Å². The van der Waals surface area contributed by atoms with Crippen molar-refractivity contribution in [1.82, 2.24) is 9.55 Å². The number of pyridine rings is 2. The van der Waals surface area contributed by atoms with Gasteiger partial charge in [-0.3, -0.25) is 4.79 Å². The Morgan fingerprint density at radius 1 is 1.39 bits per heavy atom. The molecule has 3 heterocycles. The highest BCUT2D eigenvalue weighted by atomic mass is 32.1. The highest BCUT2D eigenvalue weighted by Crippen LogP contribution is 2.35. The number of nitrogens with zero attached hydrogens (tertiary/aromatic N) is 2. The van der Waals surface area contributed by atoms with Crippen molar-refractivity contribution in [2.24, 2.45) is 13.0 Å². The van der Waals surface area contributed by atoms with Gasteiger partial charge in [0.1, 0.15) is 11.4 Å². The molecule has 4 rings (SSSR count). The van der Waals surface area contributed by atoms with Gasteiger partial charge in [-0.05, 0) is 37.0 Å². The predicted octanol–water partition coefficient (Wildman–Crippen LogP) is 3.27. The minimum Gasteiger partial charge on any atom is -0.491 e. The van der Waals surface area contributed by atoms with Gasteiger partial charge in [0, 0.05) is 24.2 Å². The first-order valence-corrected chi connectivity index (χ1v) is 7.98. The first-order chi connectivity index (χ1) is 11.1. The number of ether oxygens (including phenoxy) is 1. The van der Waals surface area contributed by atoms with Crippen LogP contribution in [0, 0.1) is 5.92 Å². The number of hydrogen-bond donors (Lipinski definition) is 1. The summed E-state index contributed by atoms with van der Waals surface area (Å²) < 4.78 is 12.8. The molecule has 0 spiro atoms. The van der Waals surface area contributed by atoms with E-state index < -0.39 is 0 Å². The van der Waals surface area contributed by atoms with E-state index in [2.05, 4.69) is 17.6 Å². The molecule has 118 valence electrons. The number of thiol groups is 1. The molecule has 0 bridgehead atoms. The highest BCUT2D eigenvalue weighted by Gasteiger charge is 2.23. The van der Waals surface area contributed by atoms with E-state index in [1.54, 1.807) is 19.3 Å². The van der Waals surface area contributed by atoms with Gasteiger partial charge in [-0.15, -0.1) is 12.6 Å². The summed E-state index contributed by atoms with van der Waals surface area (Å²) in [5, 5.41) is 1.33. The summed E-state index contributed by atoms with van der Waals surface area (Å²) in [5.41, 5.74) is 1.64. The first kappa shape index (κ1) is 14.4. The topological polar surface area (TPSA) is 57.3 Å². The minimum absolute atomic E-state index is 0.170. The normalized spacial score (nSPS) is 14.3. The monoisotopic (exact) mass is 328 g/mol. The van der Waals surface area contributed by atoms with Crippen molar-refractivity contribution in [1.29, 1.82) is 0 Å². The molecule has 0 unspecified atom stereocenters. The minimum atomic E-state index is -0.170. The van der Waals surface area contributed by atoms with Crippen molar-refractivity contribution >= 4 is 23.6 Å². The van der Waals surface area contributed by atoms with Gasteiger partial charge in [-0.25, -0.2) is 4.98 Å². The van der Waals surface area contributed by atoms with Crippen molar-refractivity contribution in [2.45, 2.75) is 17.9 Å². The van der Waals surface area contributed by atoms with Crippen LogP contribution in [0.4, 0.5) is 0 Å². The summed E-state index contributed by atoms with van der Waals surface area (Å²) in [6, 6.07) is 5.47. The molecule has 0 saturated heterocycles. The van der Waals surface area contributed by atoms with Crippen LogP contribution in [0.15, 0.2) is 44.9 Å². The Morgan fingerprint density at radius 3 is 3.00 bits per heavy atom. The molecule has 3 aromatic heterocycles. The largest absolute Gasteiger partial charge is 0.491 e. The van der Waals surface area contributed by atoms with Crippen molar-refractivity contribution in [2.75, 3.05) is 6.61 Å². The van der Waals surface area contributed by atoms with E-state index in [0.29, 0.717) is 34.6 Å². The maximum atomic E-state index is 12.2. The third-order valence-corrected chi connectivity index (χ3v) is 4.31. The summed E-state index contributed by atoms with van der Waals surface area (Å²) in [6.45, 7) is 0.695. The lowest BCUT2D eigenvalue weighted by atomic mass is 10.1. The molecule has 0 amide bonds. The van der Waals surface area contributed by atoms with Gasteiger partial charge in [0.05, 0.1) is 17.9 Å². The fraction of sp³-hybridized carbons (Fsp3) is 0.294.